The maximum atomic E-state index is 14.3. The average molecular weight is 623 g/mol. The van der Waals surface area contributed by atoms with Gasteiger partial charge in [0.05, 0.1) is 11.1 Å². The molecule has 224 valence electrons. The SMILES string of the molecule is O=S(=O)(C(C=Cc1ccc(F)cc1)c1ccc(C(F)(F)F)cc1)C(C=Cc1ccc(F)cc1)c1ccc(C(F)(F)F)cc1. The molecule has 0 N–H and O–H groups in total. The second-order valence-electron chi connectivity index (χ2n) is 9.49. The van der Waals surface area contributed by atoms with E-state index in [1.54, 1.807) is 0 Å². The number of alkyl halides is 6. The molecular formula is C32H22F8O2S. The first kappa shape index (κ1) is 31.7. The van der Waals surface area contributed by atoms with E-state index >= 15 is 0 Å². The molecule has 2 nitrogen and oxygen atoms in total. The molecule has 0 aliphatic carbocycles. The highest BCUT2D eigenvalue weighted by molar-refractivity contribution is 7.92. The lowest BCUT2D eigenvalue weighted by Crippen LogP contribution is -2.19. The van der Waals surface area contributed by atoms with E-state index in [1.165, 1.54) is 48.6 Å². The van der Waals surface area contributed by atoms with Gasteiger partial charge in [0.1, 0.15) is 22.1 Å². The van der Waals surface area contributed by atoms with Crippen LogP contribution in [0.3, 0.4) is 0 Å². The molecule has 0 saturated heterocycles. The van der Waals surface area contributed by atoms with Gasteiger partial charge in [-0.1, -0.05) is 72.8 Å². The van der Waals surface area contributed by atoms with Gasteiger partial charge in [0.25, 0.3) is 0 Å². The van der Waals surface area contributed by atoms with Gasteiger partial charge in [0.15, 0.2) is 9.84 Å². The molecule has 4 aromatic rings. The normalized spacial score (nSPS) is 14.3. The van der Waals surface area contributed by atoms with Crippen LogP contribution in [-0.4, -0.2) is 8.42 Å². The summed E-state index contributed by atoms with van der Waals surface area (Å²) in [7, 11) is -4.51. The third-order valence-electron chi connectivity index (χ3n) is 6.51. The van der Waals surface area contributed by atoms with Crippen molar-refractivity contribution in [1.82, 2.24) is 0 Å². The summed E-state index contributed by atoms with van der Waals surface area (Å²) in [6.45, 7) is 0. The van der Waals surface area contributed by atoms with Gasteiger partial charge < -0.3 is 0 Å². The van der Waals surface area contributed by atoms with Crippen LogP contribution < -0.4 is 0 Å². The van der Waals surface area contributed by atoms with E-state index in [1.807, 2.05) is 0 Å². The molecule has 0 saturated carbocycles. The van der Waals surface area contributed by atoms with Crippen LogP contribution in [0.4, 0.5) is 35.1 Å². The lowest BCUT2D eigenvalue weighted by molar-refractivity contribution is -0.138. The van der Waals surface area contributed by atoms with Crippen molar-refractivity contribution in [3.63, 3.8) is 0 Å². The molecule has 0 bridgehead atoms. The first-order valence-corrected chi connectivity index (χ1v) is 14.2. The fourth-order valence-electron chi connectivity index (χ4n) is 4.25. The Morgan fingerprint density at radius 3 is 1.07 bits per heavy atom. The van der Waals surface area contributed by atoms with E-state index in [2.05, 4.69) is 0 Å². The van der Waals surface area contributed by atoms with Gasteiger partial charge in [0.2, 0.25) is 0 Å². The van der Waals surface area contributed by atoms with Crippen LogP contribution in [0, 0.1) is 11.6 Å². The average Bonchev–Trinajstić information content (AvgIpc) is 2.94. The minimum absolute atomic E-state index is 0.0431. The zero-order valence-corrected chi connectivity index (χ0v) is 22.8. The molecule has 43 heavy (non-hydrogen) atoms. The van der Waals surface area contributed by atoms with E-state index in [9.17, 15) is 43.5 Å². The zero-order chi connectivity index (χ0) is 31.4. The Kier molecular flexibility index (Phi) is 9.24. The number of rotatable bonds is 8. The molecule has 4 aromatic carbocycles. The number of hydrogen-bond acceptors (Lipinski definition) is 2. The van der Waals surface area contributed by atoms with Gasteiger partial charge in [-0.25, -0.2) is 17.2 Å². The summed E-state index contributed by atoms with van der Waals surface area (Å²) in [5.41, 5.74) is -1.32. The quantitative estimate of drug-likeness (QED) is 0.184. The van der Waals surface area contributed by atoms with E-state index in [0.717, 1.165) is 72.8 Å². The van der Waals surface area contributed by atoms with E-state index in [4.69, 9.17) is 0 Å². The maximum absolute atomic E-state index is 14.3. The van der Waals surface area contributed by atoms with Crippen molar-refractivity contribution in [2.45, 2.75) is 22.9 Å². The third-order valence-corrected chi connectivity index (χ3v) is 8.78. The minimum Gasteiger partial charge on any atom is -0.227 e. The zero-order valence-electron chi connectivity index (χ0n) is 22.0. The summed E-state index contributed by atoms with van der Waals surface area (Å²) in [5, 5.41) is -3.16. The molecule has 0 fully saturated rings. The summed E-state index contributed by atoms with van der Waals surface area (Å²) in [6.07, 6.45) is -4.23. The molecular weight excluding hydrogens is 600 g/mol. The molecule has 0 aliphatic rings. The van der Waals surface area contributed by atoms with Gasteiger partial charge in [-0.15, -0.1) is 0 Å². The molecule has 0 spiro atoms. The van der Waals surface area contributed by atoms with Gasteiger partial charge in [0, 0.05) is 0 Å². The van der Waals surface area contributed by atoms with E-state index in [0.29, 0.717) is 11.1 Å². The Hall–Kier alpha value is -4.25. The molecule has 11 heteroatoms. The smallest absolute Gasteiger partial charge is 0.227 e. The number of halogens is 8. The highest BCUT2D eigenvalue weighted by Crippen LogP contribution is 2.39. The number of benzene rings is 4. The van der Waals surface area contributed by atoms with Gasteiger partial charge in [-0.05, 0) is 70.8 Å². The van der Waals surface area contributed by atoms with Crippen molar-refractivity contribution in [1.29, 1.82) is 0 Å². The largest absolute Gasteiger partial charge is 0.416 e. The van der Waals surface area contributed by atoms with E-state index < -0.39 is 55.5 Å². The predicted octanol–water partition coefficient (Wildman–Crippen LogP) is 9.63. The summed E-state index contributed by atoms with van der Waals surface area (Å²) in [6, 6.07) is 16.9. The van der Waals surface area contributed by atoms with Gasteiger partial charge in [-0.2, -0.15) is 26.3 Å². The van der Waals surface area contributed by atoms with Crippen molar-refractivity contribution >= 4 is 22.0 Å². The summed E-state index contributed by atoms with van der Waals surface area (Å²) in [4.78, 5) is 0. The molecule has 0 aromatic heterocycles. The Bertz CT molecular complexity index is 1560. The second-order valence-corrected chi connectivity index (χ2v) is 11.7. The first-order valence-electron chi connectivity index (χ1n) is 12.6. The maximum Gasteiger partial charge on any atom is 0.416 e. The fraction of sp³-hybridized carbons (Fsp3) is 0.125. The highest BCUT2D eigenvalue weighted by atomic mass is 32.2. The Morgan fingerprint density at radius 1 is 0.488 bits per heavy atom. The second kappa shape index (κ2) is 12.5. The molecule has 0 radical (unpaired) electrons. The van der Waals surface area contributed by atoms with E-state index in [-0.39, 0.29) is 11.1 Å². The van der Waals surface area contributed by atoms with Crippen molar-refractivity contribution in [3.8, 4) is 0 Å². The topological polar surface area (TPSA) is 34.1 Å². The lowest BCUT2D eigenvalue weighted by Gasteiger charge is -2.22. The van der Waals surface area contributed by atoms with Crippen molar-refractivity contribution in [2.24, 2.45) is 0 Å². The summed E-state index contributed by atoms with van der Waals surface area (Å²) < 4.78 is 135. The molecule has 0 amide bonds. The van der Waals surface area contributed by atoms with Crippen molar-refractivity contribution in [2.75, 3.05) is 0 Å². The van der Waals surface area contributed by atoms with Crippen molar-refractivity contribution in [3.05, 3.63) is 154 Å². The van der Waals surface area contributed by atoms with Gasteiger partial charge in [-0.3, -0.25) is 0 Å². The minimum atomic E-state index is -4.68. The van der Waals surface area contributed by atoms with Crippen LogP contribution in [0.25, 0.3) is 12.2 Å². The molecule has 2 unspecified atom stereocenters. The molecule has 4 rings (SSSR count). The molecule has 2 atom stereocenters. The Morgan fingerprint density at radius 2 is 0.791 bits per heavy atom. The fourth-order valence-corrected chi connectivity index (χ4v) is 6.23. The third kappa shape index (κ3) is 7.98. The van der Waals surface area contributed by atoms with Crippen LogP contribution in [0.2, 0.25) is 0 Å². The highest BCUT2D eigenvalue weighted by Gasteiger charge is 2.36. The predicted molar refractivity (Wildman–Crippen MR) is 148 cm³/mol. The lowest BCUT2D eigenvalue weighted by atomic mass is 10.1. The molecule has 0 heterocycles. The van der Waals surface area contributed by atoms with Crippen LogP contribution in [0.5, 0.6) is 0 Å². The monoisotopic (exact) mass is 622 g/mol. The standard InChI is InChI=1S/C32H22F8O2S/c33-27-15-1-21(2-16-27)5-19-29(23-7-11-25(12-8-23)31(35,36)37)43(41,42)30(20-6-22-3-17-28(34)18-4-22)24-9-13-26(14-10-24)32(38,39)40/h1-20,29-30H. The first-order chi connectivity index (χ1) is 20.1. The van der Waals surface area contributed by atoms with Crippen LogP contribution in [0.1, 0.15) is 43.9 Å². The Balaban J connectivity index is 1.85. The van der Waals surface area contributed by atoms with Crippen LogP contribution in [0.15, 0.2) is 109 Å². The van der Waals surface area contributed by atoms with Gasteiger partial charge >= 0.3 is 12.4 Å². The Labute approximate surface area is 242 Å². The summed E-state index contributed by atoms with van der Waals surface area (Å²) >= 11 is 0. The van der Waals surface area contributed by atoms with Crippen molar-refractivity contribution < 1.29 is 43.5 Å². The molecule has 0 aliphatic heterocycles. The number of sulfone groups is 1. The number of hydrogen-bond donors (Lipinski definition) is 0. The summed E-state index contributed by atoms with van der Waals surface area (Å²) in [5.74, 6) is -1.09. The van der Waals surface area contributed by atoms with Crippen LogP contribution >= 0.6 is 0 Å². The van der Waals surface area contributed by atoms with Crippen LogP contribution in [-0.2, 0) is 22.2 Å².